The average molecular weight is 289 g/mol. The average Bonchev–Trinajstić information content (AvgIpc) is 2.91. The number of aromatic nitrogens is 4. The van der Waals surface area contributed by atoms with Crippen LogP contribution < -0.4 is 10.1 Å². The molecule has 2 rings (SSSR count). The molecule has 0 aliphatic rings. The molecule has 1 aromatic heterocycles. The molecule has 0 radical (unpaired) electrons. The lowest BCUT2D eigenvalue weighted by Crippen LogP contribution is -2.33. The predicted octanol–water partition coefficient (Wildman–Crippen LogP) is 1.59. The first kappa shape index (κ1) is 15.4. The fourth-order valence-corrected chi connectivity index (χ4v) is 2.09. The number of nitrogens with zero attached hydrogens (tertiary/aromatic N) is 4. The molecule has 21 heavy (non-hydrogen) atoms. The highest BCUT2D eigenvalue weighted by Crippen LogP contribution is 2.09. The minimum atomic E-state index is 0.304. The lowest BCUT2D eigenvalue weighted by molar-refractivity contribution is 0.283. The van der Waals surface area contributed by atoms with E-state index in [2.05, 4.69) is 27.7 Å². The van der Waals surface area contributed by atoms with Crippen molar-refractivity contribution in [2.75, 3.05) is 13.2 Å². The Bertz CT molecular complexity index is 514. The third kappa shape index (κ3) is 5.51. The molecule has 0 saturated carbocycles. The Balaban J connectivity index is 1.81. The van der Waals surface area contributed by atoms with Crippen molar-refractivity contribution < 1.29 is 4.74 Å². The highest BCUT2D eigenvalue weighted by Gasteiger charge is 2.12. The van der Waals surface area contributed by atoms with Gasteiger partial charge in [0.05, 0.1) is 13.7 Å². The molecule has 6 nitrogen and oxygen atoms in total. The van der Waals surface area contributed by atoms with Gasteiger partial charge in [-0.2, -0.15) is 4.80 Å². The van der Waals surface area contributed by atoms with Gasteiger partial charge in [-0.1, -0.05) is 25.1 Å². The molecule has 0 fully saturated rings. The molecular weight excluding hydrogens is 266 g/mol. The smallest absolute Gasteiger partial charge is 0.176 e. The van der Waals surface area contributed by atoms with Crippen LogP contribution >= 0.6 is 0 Å². The van der Waals surface area contributed by atoms with Crippen LogP contribution in [0.25, 0.3) is 0 Å². The van der Waals surface area contributed by atoms with Gasteiger partial charge >= 0.3 is 0 Å². The van der Waals surface area contributed by atoms with Crippen molar-refractivity contribution in [3.8, 4) is 5.75 Å². The number of hydrogen-bond acceptors (Lipinski definition) is 5. The van der Waals surface area contributed by atoms with Gasteiger partial charge in [-0.25, -0.2) is 0 Å². The molecular formula is C15H23N5O. The van der Waals surface area contributed by atoms with Crippen LogP contribution in [-0.2, 0) is 13.5 Å². The third-order valence-corrected chi connectivity index (χ3v) is 3.14. The van der Waals surface area contributed by atoms with Crippen molar-refractivity contribution >= 4 is 0 Å². The van der Waals surface area contributed by atoms with Crippen molar-refractivity contribution in [2.24, 2.45) is 7.05 Å². The summed E-state index contributed by atoms with van der Waals surface area (Å²) in [4.78, 5) is 1.49. The van der Waals surface area contributed by atoms with E-state index in [1.165, 1.54) is 4.80 Å². The van der Waals surface area contributed by atoms with E-state index < -0.39 is 0 Å². The number of ether oxygens (including phenoxy) is 1. The van der Waals surface area contributed by atoms with E-state index in [1.54, 1.807) is 7.05 Å². The standard InChI is InChI=1S/C15H23N5O/c1-3-10-16-13(12-15-17-19-20(2)18-15)9-11-21-14-7-5-4-6-8-14/h4-8,13,16H,3,9-12H2,1-2H3. The van der Waals surface area contributed by atoms with Gasteiger partial charge in [-0.05, 0) is 36.7 Å². The molecule has 1 heterocycles. The molecule has 6 heteroatoms. The van der Waals surface area contributed by atoms with Crippen molar-refractivity contribution in [1.29, 1.82) is 0 Å². The topological polar surface area (TPSA) is 64.9 Å². The Morgan fingerprint density at radius 3 is 2.76 bits per heavy atom. The zero-order valence-electron chi connectivity index (χ0n) is 12.7. The quantitative estimate of drug-likeness (QED) is 0.759. The van der Waals surface area contributed by atoms with Crippen LogP contribution in [0.5, 0.6) is 5.75 Å². The highest BCUT2D eigenvalue weighted by molar-refractivity contribution is 5.20. The van der Waals surface area contributed by atoms with Gasteiger partial charge in [-0.15, -0.1) is 10.2 Å². The fourth-order valence-electron chi connectivity index (χ4n) is 2.09. The van der Waals surface area contributed by atoms with Crippen LogP contribution in [0.3, 0.4) is 0 Å². The maximum atomic E-state index is 5.76. The first-order valence-electron chi connectivity index (χ1n) is 7.42. The minimum Gasteiger partial charge on any atom is -0.494 e. The zero-order valence-corrected chi connectivity index (χ0v) is 12.7. The van der Waals surface area contributed by atoms with E-state index >= 15 is 0 Å². The SMILES string of the molecule is CCCNC(CCOc1ccccc1)Cc1nnn(C)n1. The van der Waals surface area contributed by atoms with Gasteiger partial charge in [0.25, 0.3) is 0 Å². The number of benzene rings is 1. The van der Waals surface area contributed by atoms with Gasteiger partial charge < -0.3 is 10.1 Å². The Morgan fingerprint density at radius 2 is 2.10 bits per heavy atom. The van der Waals surface area contributed by atoms with Gasteiger partial charge in [0.15, 0.2) is 5.82 Å². The monoisotopic (exact) mass is 289 g/mol. The molecule has 0 saturated heterocycles. The molecule has 0 bridgehead atoms. The maximum absolute atomic E-state index is 5.76. The van der Waals surface area contributed by atoms with Crippen LogP contribution in [0.2, 0.25) is 0 Å². The zero-order chi connectivity index (χ0) is 14.9. The van der Waals surface area contributed by atoms with E-state index in [0.29, 0.717) is 12.6 Å². The molecule has 1 N–H and O–H groups in total. The van der Waals surface area contributed by atoms with Crippen LogP contribution in [0.4, 0.5) is 0 Å². The molecule has 0 spiro atoms. The number of aryl methyl sites for hydroxylation is 1. The van der Waals surface area contributed by atoms with Gasteiger partial charge in [-0.3, -0.25) is 0 Å². The summed E-state index contributed by atoms with van der Waals surface area (Å²) in [5.74, 6) is 1.68. The largest absolute Gasteiger partial charge is 0.494 e. The van der Waals surface area contributed by atoms with Crippen molar-refractivity contribution in [1.82, 2.24) is 25.5 Å². The Morgan fingerprint density at radius 1 is 1.29 bits per heavy atom. The number of hydrogen-bond donors (Lipinski definition) is 1. The second kappa shape index (κ2) is 8.36. The summed E-state index contributed by atoms with van der Waals surface area (Å²) < 4.78 is 5.76. The number of nitrogens with one attached hydrogen (secondary N) is 1. The summed E-state index contributed by atoms with van der Waals surface area (Å²) in [6.07, 6.45) is 2.78. The van der Waals surface area contributed by atoms with Gasteiger partial charge in [0.1, 0.15) is 5.75 Å². The Labute approximate surface area is 125 Å². The van der Waals surface area contributed by atoms with Crippen LogP contribution in [0.15, 0.2) is 30.3 Å². The molecule has 114 valence electrons. The Kier molecular flexibility index (Phi) is 6.15. The number of rotatable bonds is 9. The fraction of sp³-hybridized carbons (Fsp3) is 0.533. The summed E-state index contributed by atoms with van der Waals surface area (Å²) >= 11 is 0. The summed E-state index contributed by atoms with van der Waals surface area (Å²) in [6, 6.07) is 10.2. The molecule has 1 aromatic carbocycles. The van der Waals surface area contributed by atoms with Crippen LogP contribution in [0, 0.1) is 0 Å². The predicted molar refractivity (Wildman–Crippen MR) is 81.1 cm³/mol. The molecule has 1 atom stereocenters. The first-order valence-corrected chi connectivity index (χ1v) is 7.42. The van der Waals surface area contributed by atoms with E-state index in [4.69, 9.17) is 4.74 Å². The van der Waals surface area contributed by atoms with Crippen molar-refractivity contribution in [2.45, 2.75) is 32.2 Å². The lowest BCUT2D eigenvalue weighted by Gasteiger charge is -2.17. The summed E-state index contributed by atoms with van der Waals surface area (Å²) in [6.45, 7) is 3.81. The first-order chi connectivity index (χ1) is 10.3. The number of para-hydroxylation sites is 1. The molecule has 0 aliphatic heterocycles. The lowest BCUT2D eigenvalue weighted by atomic mass is 10.1. The molecule has 0 aliphatic carbocycles. The van der Waals surface area contributed by atoms with E-state index in [1.807, 2.05) is 30.3 Å². The van der Waals surface area contributed by atoms with E-state index in [-0.39, 0.29) is 0 Å². The third-order valence-electron chi connectivity index (χ3n) is 3.14. The molecule has 1 unspecified atom stereocenters. The van der Waals surface area contributed by atoms with Crippen molar-refractivity contribution in [3.63, 3.8) is 0 Å². The summed E-state index contributed by atoms with van der Waals surface area (Å²) in [7, 11) is 1.78. The van der Waals surface area contributed by atoms with Gasteiger partial charge in [0, 0.05) is 12.5 Å². The van der Waals surface area contributed by atoms with E-state index in [0.717, 1.165) is 37.4 Å². The van der Waals surface area contributed by atoms with Gasteiger partial charge in [0.2, 0.25) is 0 Å². The number of tetrazole rings is 1. The highest BCUT2D eigenvalue weighted by atomic mass is 16.5. The maximum Gasteiger partial charge on any atom is 0.176 e. The van der Waals surface area contributed by atoms with Crippen LogP contribution in [-0.4, -0.2) is 39.4 Å². The second-order valence-electron chi connectivity index (χ2n) is 5.00. The minimum absolute atomic E-state index is 0.304. The van der Waals surface area contributed by atoms with E-state index in [9.17, 15) is 0 Å². The summed E-state index contributed by atoms with van der Waals surface area (Å²) in [5.41, 5.74) is 0. The molecule has 2 aromatic rings. The van der Waals surface area contributed by atoms with Crippen molar-refractivity contribution in [3.05, 3.63) is 36.2 Å². The normalized spacial score (nSPS) is 12.3. The van der Waals surface area contributed by atoms with Crippen LogP contribution in [0.1, 0.15) is 25.6 Å². The Hall–Kier alpha value is -1.95. The summed E-state index contributed by atoms with van der Waals surface area (Å²) in [5, 5.41) is 15.7. The second-order valence-corrected chi connectivity index (χ2v) is 5.00. The molecule has 0 amide bonds.